The average Bonchev–Trinajstić information content (AvgIpc) is 2.79. The van der Waals surface area contributed by atoms with E-state index in [1.54, 1.807) is 49.6 Å². The van der Waals surface area contributed by atoms with Crippen LogP contribution >= 0.6 is 11.6 Å². The molecule has 3 aromatic rings. The Kier molecular flexibility index (Phi) is 7.31. The van der Waals surface area contributed by atoms with Crippen LogP contribution in [0.4, 0.5) is 5.69 Å². The Morgan fingerprint density at radius 2 is 1.87 bits per heavy atom. The van der Waals surface area contributed by atoms with Crippen molar-refractivity contribution in [3.05, 3.63) is 88.4 Å². The molecule has 0 radical (unpaired) electrons. The molecule has 0 saturated heterocycles. The number of amides is 1. The summed E-state index contributed by atoms with van der Waals surface area (Å²) >= 11 is 6.08. The lowest BCUT2D eigenvalue weighted by Gasteiger charge is -2.09. The first kappa shape index (κ1) is 21.9. The quantitative estimate of drug-likeness (QED) is 0.381. The fourth-order valence-electron chi connectivity index (χ4n) is 2.83. The maximum atomic E-state index is 12.2. The van der Waals surface area contributed by atoms with Crippen LogP contribution < -0.4 is 14.8 Å². The summed E-state index contributed by atoms with van der Waals surface area (Å²) in [6.07, 6.45) is 1.77. The van der Waals surface area contributed by atoms with E-state index in [4.69, 9.17) is 21.1 Å². The van der Waals surface area contributed by atoms with Crippen molar-refractivity contribution in [1.29, 1.82) is 5.26 Å². The average molecular weight is 433 g/mol. The number of ether oxygens (including phenoxy) is 2. The van der Waals surface area contributed by atoms with E-state index in [-0.39, 0.29) is 12.5 Å². The zero-order valence-electron chi connectivity index (χ0n) is 17.2. The Morgan fingerprint density at radius 3 is 2.55 bits per heavy atom. The molecule has 0 aliphatic rings. The summed E-state index contributed by atoms with van der Waals surface area (Å²) in [4.78, 5) is 12.2. The lowest BCUT2D eigenvalue weighted by molar-refractivity contribution is -0.118. The first-order valence-electron chi connectivity index (χ1n) is 9.53. The van der Waals surface area contributed by atoms with Gasteiger partial charge in [0.2, 0.25) is 0 Å². The van der Waals surface area contributed by atoms with E-state index in [0.717, 1.165) is 22.4 Å². The van der Waals surface area contributed by atoms with E-state index in [0.29, 0.717) is 22.0 Å². The zero-order valence-corrected chi connectivity index (χ0v) is 17.9. The molecule has 0 unspecified atom stereocenters. The summed E-state index contributed by atoms with van der Waals surface area (Å²) < 4.78 is 10.8. The number of carbonyl (C=O) groups is 1. The van der Waals surface area contributed by atoms with Gasteiger partial charge in [-0.2, -0.15) is 5.26 Å². The number of halogens is 1. The van der Waals surface area contributed by atoms with Gasteiger partial charge in [0.15, 0.2) is 6.61 Å². The second kappa shape index (κ2) is 10.3. The molecule has 5 nitrogen and oxygen atoms in total. The lowest BCUT2D eigenvalue weighted by atomic mass is 10.0. The van der Waals surface area contributed by atoms with Crippen LogP contribution in [0, 0.1) is 18.3 Å². The standard InChI is InChI=1S/C25H21ClN2O3/c1-17-6-9-21(14-24(17)26)28-25(29)16-31-23-5-3-4-18(13-23)12-20(15-27)19-7-10-22(30-2)11-8-19/h3-14H,16H2,1-2H3,(H,28,29)/b20-12+. The SMILES string of the molecule is COc1ccc(/C(C#N)=C/c2cccc(OCC(=O)Nc3ccc(C)c(Cl)c3)c2)cc1. The minimum absolute atomic E-state index is 0.151. The Balaban J connectivity index is 1.66. The number of nitrogens with zero attached hydrogens (tertiary/aromatic N) is 1. The number of hydrogen-bond donors (Lipinski definition) is 1. The van der Waals surface area contributed by atoms with Gasteiger partial charge in [0.25, 0.3) is 5.91 Å². The third kappa shape index (κ3) is 6.11. The number of allylic oxidation sites excluding steroid dienone is 1. The predicted molar refractivity (Wildman–Crippen MR) is 123 cm³/mol. The molecule has 0 aliphatic heterocycles. The van der Waals surface area contributed by atoms with Gasteiger partial charge >= 0.3 is 0 Å². The van der Waals surface area contributed by atoms with Crippen molar-refractivity contribution < 1.29 is 14.3 Å². The fourth-order valence-corrected chi connectivity index (χ4v) is 3.01. The van der Waals surface area contributed by atoms with Crippen molar-refractivity contribution in [3.8, 4) is 17.6 Å². The van der Waals surface area contributed by atoms with Crippen molar-refractivity contribution in [2.45, 2.75) is 6.92 Å². The fraction of sp³-hybridized carbons (Fsp3) is 0.120. The molecule has 0 bridgehead atoms. The third-order valence-corrected chi connectivity index (χ3v) is 4.92. The summed E-state index contributed by atoms with van der Waals surface area (Å²) in [5.41, 5.74) is 3.63. The number of anilines is 1. The van der Waals surface area contributed by atoms with E-state index in [2.05, 4.69) is 11.4 Å². The molecule has 6 heteroatoms. The van der Waals surface area contributed by atoms with E-state index in [9.17, 15) is 10.1 Å². The molecular formula is C25H21ClN2O3. The van der Waals surface area contributed by atoms with Crippen molar-refractivity contribution in [1.82, 2.24) is 0 Å². The number of nitrogens with one attached hydrogen (secondary N) is 1. The summed E-state index contributed by atoms with van der Waals surface area (Å²) in [7, 11) is 1.59. The van der Waals surface area contributed by atoms with Crippen LogP contribution in [0.25, 0.3) is 11.6 Å². The number of hydrogen-bond acceptors (Lipinski definition) is 4. The van der Waals surface area contributed by atoms with Crippen LogP contribution in [0.15, 0.2) is 66.7 Å². The van der Waals surface area contributed by atoms with Crippen LogP contribution in [-0.2, 0) is 4.79 Å². The van der Waals surface area contributed by atoms with Gasteiger partial charge in [-0.25, -0.2) is 0 Å². The molecule has 31 heavy (non-hydrogen) atoms. The van der Waals surface area contributed by atoms with Crippen LogP contribution in [0.5, 0.6) is 11.5 Å². The van der Waals surface area contributed by atoms with Crippen molar-refractivity contribution in [3.63, 3.8) is 0 Å². The summed E-state index contributed by atoms with van der Waals surface area (Å²) in [6.45, 7) is 1.74. The van der Waals surface area contributed by atoms with Gasteiger partial charge in [0.05, 0.1) is 18.8 Å². The smallest absolute Gasteiger partial charge is 0.262 e. The number of benzene rings is 3. The minimum Gasteiger partial charge on any atom is -0.497 e. The molecule has 3 aromatic carbocycles. The van der Waals surface area contributed by atoms with Crippen LogP contribution in [0.3, 0.4) is 0 Å². The molecular weight excluding hydrogens is 412 g/mol. The first-order valence-corrected chi connectivity index (χ1v) is 9.91. The van der Waals surface area contributed by atoms with Crippen LogP contribution in [0.2, 0.25) is 5.02 Å². The minimum atomic E-state index is -0.295. The van der Waals surface area contributed by atoms with Gasteiger partial charge in [-0.3, -0.25) is 4.79 Å². The second-order valence-electron chi connectivity index (χ2n) is 6.77. The molecule has 1 N–H and O–H groups in total. The first-order chi connectivity index (χ1) is 15.0. The number of rotatable bonds is 7. The number of methoxy groups -OCH3 is 1. The van der Waals surface area contributed by atoms with Gasteiger partial charge in [0, 0.05) is 10.7 Å². The zero-order chi connectivity index (χ0) is 22.2. The van der Waals surface area contributed by atoms with Gasteiger partial charge in [-0.05, 0) is 78.2 Å². The van der Waals surface area contributed by atoms with E-state index in [1.165, 1.54) is 0 Å². The summed E-state index contributed by atoms with van der Waals surface area (Å²) in [5, 5.41) is 12.9. The maximum absolute atomic E-state index is 12.2. The van der Waals surface area contributed by atoms with Crippen molar-refractivity contribution in [2.75, 3.05) is 19.0 Å². The molecule has 3 rings (SSSR count). The Bertz CT molecular complexity index is 1150. The number of aryl methyl sites for hydroxylation is 1. The van der Waals surface area contributed by atoms with Gasteiger partial charge in [0.1, 0.15) is 11.5 Å². The maximum Gasteiger partial charge on any atom is 0.262 e. The molecule has 0 saturated carbocycles. The molecule has 0 fully saturated rings. The van der Waals surface area contributed by atoms with E-state index in [1.807, 2.05) is 37.3 Å². The van der Waals surface area contributed by atoms with Gasteiger partial charge in [-0.15, -0.1) is 0 Å². The van der Waals surface area contributed by atoms with Gasteiger partial charge in [-0.1, -0.05) is 29.8 Å². The summed E-state index contributed by atoms with van der Waals surface area (Å²) in [5.74, 6) is 0.956. The molecule has 0 atom stereocenters. The van der Waals surface area contributed by atoms with E-state index >= 15 is 0 Å². The Hall–Kier alpha value is -3.75. The Morgan fingerprint density at radius 1 is 1.10 bits per heavy atom. The Labute approximate surface area is 186 Å². The highest BCUT2D eigenvalue weighted by atomic mass is 35.5. The predicted octanol–water partition coefficient (Wildman–Crippen LogP) is 5.74. The van der Waals surface area contributed by atoms with Crippen molar-refractivity contribution in [2.24, 2.45) is 0 Å². The van der Waals surface area contributed by atoms with E-state index < -0.39 is 0 Å². The molecule has 156 valence electrons. The summed E-state index contributed by atoms with van der Waals surface area (Å²) in [6, 6.07) is 22.0. The highest BCUT2D eigenvalue weighted by Gasteiger charge is 2.07. The second-order valence-corrected chi connectivity index (χ2v) is 7.18. The molecule has 1 amide bonds. The largest absolute Gasteiger partial charge is 0.497 e. The molecule has 0 spiro atoms. The molecule has 0 heterocycles. The van der Waals surface area contributed by atoms with Crippen LogP contribution in [-0.4, -0.2) is 19.6 Å². The molecule has 0 aromatic heterocycles. The molecule has 0 aliphatic carbocycles. The highest BCUT2D eigenvalue weighted by molar-refractivity contribution is 6.31. The van der Waals surface area contributed by atoms with Crippen LogP contribution in [0.1, 0.15) is 16.7 Å². The number of carbonyl (C=O) groups excluding carboxylic acids is 1. The number of nitriles is 1. The van der Waals surface area contributed by atoms with Crippen molar-refractivity contribution >= 4 is 34.8 Å². The topological polar surface area (TPSA) is 71.3 Å². The third-order valence-electron chi connectivity index (χ3n) is 4.52. The normalized spacial score (nSPS) is 10.8. The van der Waals surface area contributed by atoms with Gasteiger partial charge < -0.3 is 14.8 Å². The lowest BCUT2D eigenvalue weighted by Crippen LogP contribution is -2.20. The monoisotopic (exact) mass is 432 g/mol. The highest BCUT2D eigenvalue weighted by Crippen LogP contribution is 2.23.